The van der Waals surface area contributed by atoms with Crippen molar-refractivity contribution < 1.29 is 9.53 Å². The van der Waals surface area contributed by atoms with E-state index in [1.165, 1.54) is 0 Å². The van der Waals surface area contributed by atoms with Crippen molar-refractivity contribution in [2.75, 3.05) is 25.1 Å². The summed E-state index contributed by atoms with van der Waals surface area (Å²) < 4.78 is 5.41. The molecule has 0 aromatic carbocycles. The van der Waals surface area contributed by atoms with E-state index in [4.69, 9.17) is 10.5 Å². The molecule has 0 aliphatic heterocycles. The molecule has 0 fully saturated rings. The van der Waals surface area contributed by atoms with E-state index in [0.29, 0.717) is 30.5 Å². The Hall–Kier alpha value is -1.62. The van der Waals surface area contributed by atoms with E-state index in [2.05, 4.69) is 24.1 Å². The topological polar surface area (TPSA) is 77.2 Å². The standard InChI is InChI=1S/C12H19N3O2/c1-9(2)8-17-7-6-15-12-10(11(13)16)4-3-5-14-12/h3-5,9H,6-8H2,1-2H3,(H2,13,16)(H,14,15). The molecular formula is C12H19N3O2. The fraction of sp³-hybridized carbons (Fsp3) is 0.500. The minimum atomic E-state index is -0.483. The second-order valence-electron chi connectivity index (χ2n) is 4.16. The summed E-state index contributed by atoms with van der Waals surface area (Å²) in [5.74, 6) is 0.544. The van der Waals surface area contributed by atoms with Gasteiger partial charge in [-0.3, -0.25) is 4.79 Å². The number of carbonyl (C=O) groups is 1. The Labute approximate surface area is 101 Å². The zero-order chi connectivity index (χ0) is 12.7. The third-order valence-electron chi connectivity index (χ3n) is 2.06. The number of primary amides is 1. The summed E-state index contributed by atoms with van der Waals surface area (Å²) in [5, 5.41) is 3.03. The molecule has 0 unspecified atom stereocenters. The number of amides is 1. The number of nitrogens with zero attached hydrogens (tertiary/aromatic N) is 1. The Morgan fingerprint density at radius 2 is 2.35 bits per heavy atom. The highest BCUT2D eigenvalue weighted by atomic mass is 16.5. The summed E-state index contributed by atoms with van der Waals surface area (Å²) in [4.78, 5) is 15.2. The fourth-order valence-electron chi connectivity index (χ4n) is 1.31. The van der Waals surface area contributed by atoms with Gasteiger partial charge in [0.1, 0.15) is 5.82 Å². The van der Waals surface area contributed by atoms with Gasteiger partial charge in [0.15, 0.2) is 0 Å². The Morgan fingerprint density at radius 1 is 1.59 bits per heavy atom. The third kappa shape index (κ3) is 4.82. The van der Waals surface area contributed by atoms with Crippen molar-refractivity contribution in [1.82, 2.24) is 4.98 Å². The Kier molecular flexibility index (Phi) is 5.42. The molecule has 0 aliphatic rings. The third-order valence-corrected chi connectivity index (χ3v) is 2.06. The van der Waals surface area contributed by atoms with Crippen LogP contribution in [0.3, 0.4) is 0 Å². The van der Waals surface area contributed by atoms with Gasteiger partial charge in [-0.05, 0) is 18.1 Å². The Balaban J connectivity index is 2.39. The van der Waals surface area contributed by atoms with E-state index >= 15 is 0 Å². The van der Waals surface area contributed by atoms with Crippen molar-refractivity contribution >= 4 is 11.7 Å². The SMILES string of the molecule is CC(C)COCCNc1ncccc1C(N)=O. The normalized spacial score (nSPS) is 10.5. The molecule has 5 heteroatoms. The van der Waals surface area contributed by atoms with E-state index in [1.807, 2.05) is 0 Å². The number of carbonyl (C=O) groups excluding carboxylic acids is 1. The van der Waals surface area contributed by atoms with Gasteiger partial charge in [-0.1, -0.05) is 13.8 Å². The van der Waals surface area contributed by atoms with Crippen LogP contribution in [0, 0.1) is 5.92 Å². The highest BCUT2D eigenvalue weighted by Gasteiger charge is 2.07. The summed E-state index contributed by atoms with van der Waals surface area (Å²) in [6.45, 7) is 6.10. The van der Waals surface area contributed by atoms with Crippen LogP contribution < -0.4 is 11.1 Å². The number of nitrogens with two attached hydrogens (primary N) is 1. The molecule has 1 aromatic heterocycles. The van der Waals surface area contributed by atoms with Gasteiger partial charge in [0, 0.05) is 19.3 Å². The first-order valence-corrected chi connectivity index (χ1v) is 5.67. The molecule has 17 heavy (non-hydrogen) atoms. The molecule has 0 saturated heterocycles. The zero-order valence-electron chi connectivity index (χ0n) is 10.3. The van der Waals surface area contributed by atoms with E-state index < -0.39 is 5.91 Å². The molecule has 0 bridgehead atoms. The van der Waals surface area contributed by atoms with Crippen LogP contribution in [0.5, 0.6) is 0 Å². The first kappa shape index (κ1) is 13.4. The van der Waals surface area contributed by atoms with Gasteiger partial charge >= 0.3 is 0 Å². The number of hydrogen-bond donors (Lipinski definition) is 2. The molecule has 1 aromatic rings. The van der Waals surface area contributed by atoms with E-state index in [-0.39, 0.29) is 0 Å². The van der Waals surface area contributed by atoms with E-state index in [0.717, 1.165) is 6.61 Å². The van der Waals surface area contributed by atoms with Gasteiger partial charge in [-0.25, -0.2) is 4.98 Å². The first-order chi connectivity index (χ1) is 8.11. The molecule has 0 spiro atoms. The van der Waals surface area contributed by atoms with Gasteiger partial charge in [-0.15, -0.1) is 0 Å². The monoisotopic (exact) mass is 237 g/mol. The fourth-order valence-corrected chi connectivity index (χ4v) is 1.31. The van der Waals surface area contributed by atoms with Crippen molar-refractivity contribution in [2.24, 2.45) is 11.7 Å². The average molecular weight is 237 g/mol. The largest absolute Gasteiger partial charge is 0.379 e. The lowest BCUT2D eigenvalue weighted by molar-refractivity contribution is 0.100. The number of anilines is 1. The van der Waals surface area contributed by atoms with Crippen LogP contribution in [-0.2, 0) is 4.74 Å². The second kappa shape index (κ2) is 6.85. The van der Waals surface area contributed by atoms with Crippen LogP contribution >= 0.6 is 0 Å². The predicted octanol–water partition coefficient (Wildman–Crippen LogP) is 1.26. The number of aromatic nitrogens is 1. The number of ether oxygens (including phenoxy) is 1. The second-order valence-corrected chi connectivity index (χ2v) is 4.16. The highest BCUT2D eigenvalue weighted by Crippen LogP contribution is 2.09. The van der Waals surface area contributed by atoms with Crippen LogP contribution in [0.15, 0.2) is 18.3 Å². The van der Waals surface area contributed by atoms with Crippen LogP contribution in [0.25, 0.3) is 0 Å². The summed E-state index contributed by atoms with van der Waals surface area (Å²) in [7, 11) is 0. The van der Waals surface area contributed by atoms with Gasteiger partial charge in [0.05, 0.1) is 12.2 Å². The van der Waals surface area contributed by atoms with Crippen LogP contribution in [0.4, 0.5) is 5.82 Å². The average Bonchev–Trinajstić information content (AvgIpc) is 2.28. The minimum Gasteiger partial charge on any atom is -0.379 e. The molecule has 0 atom stereocenters. The maximum Gasteiger partial charge on any atom is 0.252 e. The van der Waals surface area contributed by atoms with Crippen molar-refractivity contribution in [3.05, 3.63) is 23.9 Å². The van der Waals surface area contributed by atoms with Crippen LogP contribution in [-0.4, -0.2) is 30.6 Å². The lowest BCUT2D eigenvalue weighted by Crippen LogP contribution is -2.18. The molecule has 1 rings (SSSR count). The number of pyridine rings is 1. The first-order valence-electron chi connectivity index (χ1n) is 5.67. The molecule has 0 radical (unpaired) electrons. The van der Waals surface area contributed by atoms with Crippen LogP contribution in [0.1, 0.15) is 24.2 Å². The molecule has 94 valence electrons. The maximum absolute atomic E-state index is 11.1. The highest BCUT2D eigenvalue weighted by molar-refractivity contribution is 5.97. The van der Waals surface area contributed by atoms with Crippen LogP contribution in [0.2, 0.25) is 0 Å². The summed E-state index contributed by atoms with van der Waals surface area (Å²) >= 11 is 0. The van der Waals surface area contributed by atoms with Gasteiger partial charge < -0.3 is 15.8 Å². The molecule has 1 amide bonds. The van der Waals surface area contributed by atoms with Gasteiger partial charge in [-0.2, -0.15) is 0 Å². The van der Waals surface area contributed by atoms with Crippen molar-refractivity contribution in [3.63, 3.8) is 0 Å². The van der Waals surface area contributed by atoms with Crippen molar-refractivity contribution in [1.29, 1.82) is 0 Å². The van der Waals surface area contributed by atoms with E-state index in [1.54, 1.807) is 18.3 Å². The molecule has 5 nitrogen and oxygen atoms in total. The summed E-state index contributed by atoms with van der Waals surface area (Å²) in [6, 6.07) is 3.33. The number of hydrogen-bond acceptors (Lipinski definition) is 4. The molecule has 0 saturated carbocycles. The smallest absolute Gasteiger partial charge is 0.252 e. The zero-order valence-corrected chi connectivity index (χ0v) is 10.3. The van der Waals surface area contributed by atoms with Crippen molar-refractivity contribution in [2.45, 2.75) is 13.8 Å². The lowest BCUT2D eigenvalue weighted by atomic mass is 10.2. The molecule has 3 N–H and O–H groups in total. The summed E-state index contributed by atoms with van der Waals surface area (Å²) in [5.41, 5.74) is 5.63. The Morgan fingerprint density at radius 3 is 3.00 bits per heavy atom. The van der Waals surface area contributed by atoms with Crippen molar-refractivity contribution in [3.8, 4) is 0 Å². The molecular weight excluding hydrogens is 218 g/mol. The molecule has 1 heterocycles. The predicted molar refractivity (Wildman–Crippen MR) is 66.9 cm³/mol. The number of rotatable bonds is 7. The number of nitrogens with one attached hydrogen (secondary N) is 1. The Bertz CT molecular complexity index is 367. The molecule has 0 aliphatic carbocycles. The summed E-state index contributed by atoms with van der Waals surface area (Å²) in [6.07, 6.45) is 1.61. The van der Waals surface area contributed by atoms with Gasteiger partial charge in [0.2, 0.25) is 0 Å². The van der Waals surface area contributed by atoms with Gasteiger partial charge in [0.25, 0.3) is 5.91 Å². The maximum atomic E-state index is 11.1. The quantitative estimate of drug-likeness (QED) is 0.700. The minimum absolute atomic E-state index is 0.399. The van der Waals surface area contributed by atoms with E-state index in [9.17, 15) is 4.79 Å². The lowest BCUT2D eigenvalue weighted by Gasteiger charge is -2.10.